The van der Waals surface area contributed by atoms with Crippen molar-refractivity contribution >= 4 is 11.9 Å². The lowest BCUT2D eigenvalue weighted by Gasteiger charge is -2.21. The number of hydrogen-bond acceptors (Lipinski definition) is 6. The molecule has 1 aliphatic rings. The molecular formula is C19H24N4O3. The predicted molar refractivity (Wildman–Crippen MR) is 98.2 cm³/mol. The van der Waals surface area contributed by atoms with E-state index in [1.807, 2.05) is 39.0 Å². The van der Waals surface area contributed by atoms with E-state index in [0.717, 1.165) is 34.0 Å². The van der Waals surface area contributed by atoms with Crippen molar-refractivity contribution in [3.63, 3.8) is 0 Å². The summed E-state index contributed by atoms with van der Waals surface area (Å²) in [5, 5.41) is 3.02. The van der Waals surface area contributed by atoms with Gasteiger partial charge in [-0.25, -0.2) is 9.97 Å². The predicted octanol–water partition coefficient (Wildman–Crippen LogP) is 2.26. The largest absolute Gasteiger partial charge is 0.486 e. The number of fused-ring (bicyclic) bond motifs is 1. The zero-order chi connectivity index (χ0) is 18.7. The molecule has 0 radical (unpaired) electrons. The van der Waals surface area contributed by atoms with Gasteiger partial charge in [0.05, 0.1) is 6.04 Å². The van der Waals surface area contributed by atoms with Crippen LogP contribution in [0.25, 0.3) is 0 Å². The molecule has 1 aromatic carbocycles. The molecule has 138 valence electrons. The van der Waals surface area contributed by atoms with Crippen molar-refractivity contribution in [2.45, 2.75) is 39.7 Å². The highest BCUT2D eigenvalue weighted by molar-refractivity contribution is 5.76. The molecule has 7 heteroatoms. The summed E-state index contributed by atoms with van der Waals surface area (Å²) in [7, 11) is 0. The third-order valence-electron chi connectivity index (χ3n) is 4.48. The highest BCUT2D eigenvalue weighted by Crippen LogP contribution is 2.32. The van der Waals surface area contributed by atoms with Crippen molar-refractivity contribution in [1.29, 1.82) is 0 Å². The molecular weight excluding hydrogens is 332 g/mol. The molecule has 2 heterocycles. The van der Waals surface area contributed by atoms with Gasteiger partial charge in [0.2, 0.25) is 11.9 Å². The van der Waals surface area contributed by atoms with Gasteiger partial charge in [0.15, 0.2) is 11.5 Å². The van der Waals surface area contributed by atoms with Crippen LogP contribution >= 0.6 is 0 Å². The molecule has 7 nitrogen and oxygen atoms in total. The molecule has 1 amide bonds. The van der Waals surface area contributed by atoms with Crippen molar-refractivity contribution in [2.24, 2.45) is 0 Å². The molecule has 2 aromatic rings. The summed E-state index contributed by atoms with van der Waals surface area (Å²) < 4.78 is 11.1. The zero-order valence-corrected chi connectivity index (χ0v) is 15.3. The highest BCUT2D eigenvalue weighted by atomic mass is 16.6. The number of carbonyl (C=O) groups excluding carboxylic acids is 1. The Kier molecular flexibility index (Phi) is 5.25. The maximum absolute atomic E-state index is 12.3. The lowest BCUT2D eigenvalue weighted by Crippen LogP contribution is -2.27. The summed E-state index contributed by atoms with van der Waals surface area (Å²) in [4.78, 5) is 20.7. The van der Waals surface area contributed by atoms with Crippen molar-refractivity contribution in [3.05, 3.63) is 40.7 Å². The summed E-state index contributed by atoms with van der Waals surface area (Å²) >= 11 is 0. The van der Waals surface area contributed by atoms with Crippen LogP contribution in [0.3, 0.4) is 0 Å². The van der Waals surface area contributed by atoms with Crippen LogP contribution < -0.4 is 20.5 Å². The normalized spacial score (nSPS) is 14.0. The molecule has 0 aliphatic carbocycles. The van der Waals surface area contributed by atoms with Crippen molar-refractivity contribution < 1.29 is 14.3 Å². The van der Waals surface area contributed by atoms with Gasteiger partial charge in [0.25, 0.3) is 0 Å². The fourth-order valence-corrected chi connectivity index (χ4v) is 3.09. The molecule has 0 saturated carbocycles. The smallest absolute Gasteiger partial charge is 0.220 e. The topological polar surface area (TPSA) is 99.4 Å². The first-order chi connectivity index (χ1) is 12.4. The number of benzene rings is 1. The summed E-state index contributed by atoms with van der Waals surface area (Å²) in [6.45, 7) is 6.82. The van der Waals surface area contributed by atoms with Crippen LogP contribution in [0.15, 0.2) is 18.2 Å². The second-order valence-electron chi connectivity index (χ2n) is 6.42. The van der Waals surface area contributed by atoms with Crippen LogP contribution in [0.2, 0.25) is 0 Å². The van der Waals surface area contributed by atoms with E-state index in [9.17, 15) is 4.79 Å². The third kappa shape index (κ3) is 4.04. The van der Waals surface area contributed by atoms with Crippen molar-refractivity contribution in [2.75, 3.05) is 18.9 Å². The van der Waals surface area contributed by atoms with Crippen molar-refractivity contribution in [3.8, 4) is 11.5 Å². The van der Waals surface area contributed by atoms with Gasteiger partial charge in [-0.15, -0.1) is 0 Å². The summed E-state index contributed by atoms with van der Waals surface area (Å²) in [5.41, 5.74) is 9.24. The Balaban J connectivity index is 1.60. The number of aryl methyl sites for hydroxylation is 2. The molecule has 0 spiro atoms. The quantitative estimate of drug-likeness (QED) is 0.852. The molecule has 26 heavy (non-hydrogen) atoms. The molecule has 0 bridgehead atoms. The lowest BCUT2D eigenvalue weighted by molar-refractivity contribution is -0.121. The average Bonchev–Trinajstić information content (AvgIpc) is 2.60. The maximum atomic E-state index is 12.3. The number of ether oxygens (including phenoxy) is 2. The minimum Gasteiger partial charge on any atom is -0.486 e. The molecule has 3 rings (SSSR count). The van der Waals surface area contributed by atoms with Gasteiger partial charge in [-0.05, 0) is 50.5 Å². The molecule has 0 unspecified atom stereocenters. The van der Waals surface area contributed by atoms with Gasteiger partial charge in [0.1, 0.15) is 13.2 Å². The van der Waals surface area contributed by atoms with E-state index in [0.29, 0.717) is 26.1 Å². The zero-order valence-electron chi connectivity index (χ0n) is 15.3. The van der Waals surface area contributed by atoms with E-state index in [1.165, 1.54) is 0 Å². The molecule has 3 N–H and O–H groups in total. The number of aromatic nitrogens is 2. The van der Waals surface area contributed by atoms with E-state index >= 15 is 0 Å². The third-order valence-corrected chi connectivity index (χ3v) is 4.48. The van der Waals surface area contributed by atoms with Gasteiger partial charge in [-0.2, -0.15) is 0 Å². The first kappa shape index (κ1) is 18.0. The van der Waals surface area contributed by atoms with E-state index in [2.05, 4.69) is 15.3 Å². The molecule has 1 atom stereocenters. The minimum absolute atomic E-state index is 0.0250. The number of amides is 1. The summed E-state index contributed by atoms with van der Waals surface area (Å²) in [6, 6.07) is 5.62. The van der Waals surface area contributed by atoms with Gasteiger partial charge >= 0.3 is 0 Å². The Hall–Kier alpha value is -2.83. The first-order valence-corrected chi connectivity index (χ1v) is 8.72. The Labute approximate surface area is 152 Å². The fraction of sp³-hybridized carbons (Fsp3) is 0.421. The van der Waals surface area contributed by atoms with Crippen LogP contribution in [0.5, 0.6) is 11.5 Å². The Morgan fingerprint density at radius 1 is 1.19 bits per heavy atom. The Morgan fingerprint density at radius 2 is 1.85 bits per heavy atom. The van der Waals surface area contributed by atoms with E-state index in [4.69, 9.17) is 15.2 Å². The molecule has 0 saturated heterocycles. The summed E-state index contributed by atoms with van der Waals surface area (Å²) in [5.74, 6) is 1.70. The van der Waals surface area contributed by atoms with E-state index in [1.54, 1.807) is 0 Å². The lowest BCUT2D eigenvalue weighted by atomic mass is 10.0. The van der Waals surface area contributed by atoms with Crippen LogP contribution in [-0.4, -0.2) is 29.1 Å². The number of nitrogens with two attached hydrogens (primary N) is 1. The number of hydrogen-bond donors (Lipinski definition) is 2. The minimum atomic E-state index is -0.122. The van der Waals surface area contributed by atoms with Crippen LogP contribution in [0, 0.1) is 13.8 Å². The molecule has 0 fully saturated rings. The second-order valence-corrected chi connectivity index (χ2v) is 6.42. The van der Waals surface area contributed by atoms with Crippen LogP contribution in [-0.2, 0) is 11.2 Å². The van der Waals surface area contributed by atoms with Crippen LogP contribution in [0.4, 0.5) is 5.95 Å². The number of nitrogens with one attached hydrogen (secondary N) is 1. The fourth-order valence-electron chi connectivity index (χ4n) is 3.09. The number of rotatable bonds is 5. The number of anilines is 1. The van der Waals surface area contributed by atoms with E-state index in [-0.39, 0.29) is 17.9 Å². The molecule has 1 aliphatic heterocycles. The Bertz CT molecular complexity index is 799. The van der Waals surface area contributed by atoms with Gasteiger partial charge in [-0.3, -0.25) is 4.79 Å². The standard InChI is InChI=1S/C19H24N4O3/c1-11(14-4-6-16-17(10-14)26-9-8-25-16)21-18(24)7-5-15-12(2)22-19(20)23-13(15)3/h4,6,10-11H,5,7-9H2,1-3H3,(H,21,24)(H2,20,22,23)/t11-/m0/s1. The van der Waals surface area contributed by atoms with E-state index < -0.39 is 0 Å². The number of nitrogen functional groups attached to an aromatic ring is 1. The number of carbonyl (C=O) groups is 1. The molecule has 1 aromatic heterocycles. The average molecular weight is 356 g/mol. The number of nitrogens with zero attached hydrogens (tertiary/aromatic N) is 2. The van der Waals surface area contributed by atoms with Gasteiger partial charge < -0.3 is 20.5 Å². The summed E-state index contributed by atoms with van der Waals surface area (Å²) in [6.07, 6.45) is 0.946. The monoisotopic (exact) mass is 356 g/mol. The Morgan fingerprint density at radius 3 is 2.54 bits per heavy atom. The SMILES string of the molecule is Cc1nc(N)nc(C)c1CCC(=O)N[C@@H](C)c1ccc2c(c1)OCCO2. The maximum Gasteiger partial charge on any atom is 0.220 e. The van der Waals surface area contributed by atoms with Gasteiger partial charge in [0, 0.05) is 17.8 Å². The van der Waals surface area contributed by atoms with Gasteiger partial charge in [-0.1, -0.05) is 6.07 Å². The first-order valence-electron chi connectivity index (χ1n) is 8.72. The second kappa shape index (κ2) is 7.59. The highest BCUT2D eigenvalue weighted by Gasteiger charge is 2.16. The van der Waals surface area contributed by atoms with Crippen molar-refractivity contribution in [1.82, 2.24) is 15.3 Å². The van der Waals surface area contributed by atoms with Crippen LogP contribution in [0.1, 0.15) is 41.9 Å².